The van der Waals surface area contributed by atoms with Crippen molar-refractivity contribution < 1.29 is 9.53 Å². The van der Waals surface area contributed by atoms with Crippen LogP contribution in [-0.2, 0) is 10.5 Å². The van der Waals surface area contributed by atoms with Gasteiger partial charge in [0.25, 0.3) is 5.91 Å². The molecule has 1 fully saturated rings. The van der Waals surface area contributed by atoms with Crippen molar-refractivity contribution in [2.45, 2.75) is 17.8 Å². The first-order chi connectivity index (χ1) is 16.7. The summed E-state index contributed by atoms with van der Waals surface area (Å²) < 4.78 is 7.42. The zero-order chi connectivity index (χ0) is 23.3. The Morgan fingerprint density at radius 3 is 2.35 bits per heavy atom. The van der Waals surface area contributed by atoms with E-state index in [0.29, 0.717) is 37.6 Å². The minimum atomic E-state index is 0.0589. The Morgan fingerprint density at radius 1 is 0.941 bits per heavy atom. The van der Waals surface area contributed by atoms with Crippen LogP contribution in [0.4, 0.5) is 0 Å². The van der Waals surface area contributed by atoms with Crippen molar-refractivity contribution in [1.29, 1.82) is 0 Å². The van der Waals surface area contributed by atoms with Crippen LogP contribution in [0, 0.1) is 6.92 Å². The predicted molar refractivity (Wildman–Crippen MR) is 132 cm³/mol. The van der Waals surface area contributed by atoms with Crippen LogP contribution in [0.25, 0.3) is 17.1 Å². The van der Waals surface area contributed by atoms with Gasteiger partial charge in [0.15, 0.2) is 11.0 Å². The minimum absolute atomic E-state index is 0.0589. The van der Waals surface area contributed by atoms with Crippen molar-refractivity contribution in [3.05, 3.63) is 89.7 Å². The highest BCUT2D eigenvalue weighted by Crippen LogP contribution is 2.29. The number of rotatable bonds is 6. The number of amides is 1. The van der Waals surface area contributed by atoms with Gasteiger partial charge in [0.05, 0.1) is 13.2 Å². The molecule has 3 heterocycles. The van der Waals surface area contributed by atoms with E-state index in [1.807, 2.05) is 41.3 Å². The normalized spacial score (nSPS) is 13.7. The first-order valence-electron chi connectivity index (χ1n) is 11.2. The van der Waals surface area contributed by atoms with E-state index in [1.165, 1.54) is 5.56 Å². The van der Waals surface area contributed by atoms with E-state index in [4.69, 9.17) is 4.74 Å². The van der Waals surface area contributed by atoms with Crippen LogP contribution in [-0.4, -0.2) is 56.9 Å². The number of carbonyl (C=O) groups is 1. The molecular formula is C26H25N5O2S. The van der Waals surface area contributed by atoms with Gasteiger partial charge in [-0.2, -0.15) is 0 Å². The zero-order valence-corrected chi connectivity index (χ0v) is 19.7. The van der Waals surface area contributed by atoms with Crippen molar-refractivity contribution in [2.75, 3.05) is 26.3 Å². The lowest BCUT2D eigenvalue weighted by molar-refractivity contribution is 0.0303. The lowest BCUT2D eigenvalue weighted by atomic mass is 10.1. The van der Waals surface area contributed by atoms with Crippen molar-refractivity contribution in [2.24, 2.45) is 0 Å². The Hall–Kier alpha value is -3.49. The molecule has 0 unspecified atom stereocenters. The summed E-state index contributed by atoms with van der Waals surface area (Å²) in [5.41, 5.74) is 4.99. The standard InChI is InChI=1S/C26H25N5O2S/c1-19-2-8-23(9-3-19)31-24(21-10-12-27-13-11-21)28-29-26(31)34-18-20-4-6-22(7-5-20)25(32)30-14-16-33-17-15-30/h2-13H,14-18H2,1H3. The van der Waals surface area contributed by atoms with E-state index < -0.39 is 0 Å². The SMILES string of the molecule is Cc1ccc(-n2c(SCc3ccc(C(=O)N4CCOCC4)cc3)nnc2-c2ccncc2)cc1. The molecule has 0 atom stereocenters. The Balaban J connectivity index is 1.36. The molecule has 2 aromatic heterocycles. The van der Waals surface area contributed by atoms with E-state index >= 15 is 0 Å². The zero-order valence-electron chi connectivity index (χ0n) is 18.9. The highest BCUT2D eigenvalue weighted by molar-refractivity contribution is 7.98. The molecule has 0 saturated carbocycles. The summed E-state index contributed by atoms with van der Waals surface area (Å²) in [5.74, 6) is 1.55. The number of aryl methyl sites for hydroxylation is 1. The van der Waals surface area contributed by atoms with Gasteiger partial charge in [-0.3, -0.25) is 14.3 Å². The number of thioether (sulfide) groups is 1. The van der Waals surface area contributed by atoms with Crippen LogP contribution in [0.15, 0.2) is 78.2 Å². The topological polar surface area (TPSA) is 73.1 Å². The molecule has 5 rings (SSSR count). The Morgan fingerprint density at radius 2 is 1.65 bits per heavy atom. The van der Waals surface area contributed by atoms with Crippen LogP contribution in [0.3, 0.4) is 0 Å². The van der Waals surface area contributed by atoms with E-state index in [9.17, 15) is 4.79 Å². The summed E-state index contributed by atoms with van der Waals surface area (Å²) in [6.45, 7) is 4.56. The third kappa shape index (κ3) is 4.88. The molecule has 172 valence electrons. The molecule has 0 spiro atoms. The van der Waals surface area contributed by atoms with Gasteiger partial charge in [-0.05, 0) is 48.9 Å². The van der Waals surface area contributed by atoms with Gasteiger partial charge in [-0.25, -0.2) is 0 Å². The quantitative estimate of drug-likeness (QED) is 0.388. The minimum Gasteiger partial charge on any atom is -0.378 e. The molecule has 8 heteroatoms. The summed E-state index contributed by atoms with van der Waals surface area (Å²) in [6, 6.07) is 20.0. The maximum Gasteiger partial charge on any atom is 0.254 e. The lowest BCUT2D eigenvalue weighted by Crippen LogP contribution is -2.40. The number of aromatic nitrogens is 4. The van der Waals surface area contributed by atoms with Crippen LogP contribution >= 0.6 is 11.8 Å². The van der Waals surface area contributed by atoms with Gasteiger partial charge in [0, 0.05) is 48.1 Å². The fourth-order valence-electron chi connectivity index (χ4n) is 3.82. The summed E-state index contributed by atoms with van der Waals surface area (Å²) in [4.78, 5) is 18.7. The lowest BCUT2D eigenvalue weighted by Gasteiger charge is -2.26. The third-order valence-electron chi connectivity index (χ3n) is 5.73. The van der Waals surface area contributed by atoms with Crippen LogP contribution in [0.1, 0.15) is 21.5 Å². The molecule has 34 heavy (non-hydrogen) atoms. The molecule has 0 aliphatic carbocycles. The predicted octanol–water partition coefficient (Wildman–Crippen LogP) is 4.40. The van der Waals surface area contributed by atoms with Gasteiger partial charge in [-0.15, -0.1) is 10.2 Å². The van der Waals surface area contributed by atoms with Gasteiger partial charge >= 0.3 is 0 Å². The number of morpholine rings is 1. The second-order valence-electron chi connectivity index (χ2n) is 8.10. The molecule has 4 aromatic rings. The summed E-state index contributed by atoms with van der Waals surface area (Å²) in [5, 5.41) is 9.80. The Bertz CT molecular complexity index is 1250. The number of benzene rings is 2. The molecular weight excluding hydrogens is 446 g/mol. The maximum absolute atomic E-state index is 12.7. The van der Waals surface area contributed by atoms with Crippen molar-refractivity contribution in [3.8, 4) is 17.1 Å². The number of carbonyl (C=O) groups excluding carboxylic acids is 1. The molecule has 1 aliphatic rings. The molecule has 1 saturated heterocycles. The van der Waals surface area contributed by atoms with Crippen LogP contribution in [0.2, 0.25) is 0 Å². The fourth-order valence-corrected chi connectivity index (χ4v) is 4.73. The van der Waals surface area contributed by atoms with Crippen molar-refractivity contribution in [1.82, 2.24) is 24.6 Å². The number of nitrogens with zero attached hydrogens (tertiary/aromatic N) is 5. The highest BCUT2D eigenvalue weighted by Gasteiger charge is 2.19. The van der Waals surface area contributed by atoms with Gasteiger partial charge in [0.1, 0.15) is 0 Å². The van der Waals surface area contributed by atoms with E-state index in [0.717, 1.165) is 27.8 Å². The fraction of sp³-hybridized carbons (Fsp3) is 0.231. The number of hydrogen-bond acceptors (Lipinski definition) is 6. The number of pyridine rings is 1. The molecule has 7 nitrogen and oxygen atoms in total. The van der Waals surface area contributed by atoms with Gasteiger partial charge in [-0.1, -0.05) is 41.6 Å². The van der Waals surface area contributed by atoms with Crippen molar-refractivity contribution >= 4 is 17.7 Å². The third-order valence-corrected chi connectivity index (χ3v) is 6.73. The number of ether oxygens (including phenoxy) is 1. The second-order valence-corrected chi connectivity index (χ2v) is 9.05. The molecule has 2 aromatic carbocycles. The van der Waals surface area contributed by atoms with Gasteiger partial charge < -0.3 is 9.64 Å². The molecule has 1 amide bonds. The molecule has 0 bridgehead atoms. The Kier molecular flexibility index (Phi) is 6.69. The first-order valence-corrected chi connectivity index (χ1v) is 12.2. The number of hydrogen-bond donors (Lipinski definition) is 0. The Labute approximate surface area is 202 Å². The average Bonchev–Trinajstić information content (AvgIpc) is 3.33. The van der Waals surface area contributed by atoms with Gasteiger partial charge in [0.2, 0.25) is 0 Å². The monoisotopic (exact) mass is 471 g/mol. The smallest absolute Gasteiger partial charge is 0.254 e. The highest BCUT2D eigenvalue weighted by atomic mass is 32.2. The molecule has 0 radical (unpaired) electrons. The first kappa shape index (κ1) is 22.3. The summed E-state index contributed by atoms with van der Waals surface area (Å²) in [7, 11) is 0. The maximum atomic E-state index is 12.7. The largest absolute Gasteiger partial charge is 0.378 e. The van der Waals surface area contributed by atoms with E-state index in [1.54, 1.807) is 24.2 Å². The van der Waals surface area contributed by atoms with E-state index in [-0.39, 0.29) is 5.91 Å². The second kappa shape index (κ2) is 10.2. The van der Waals surface area contributed by atoms with Crippen LogP contribution in [0.5, 0.6) is 0 Å². The average molecular weight is 472 g/mol. The van der Waals surface area contributed by atoms with Crippen LogP contribution < -0.4 is 0 Å². The molecule has 1 aliphatic heterocycles. The summed E-state index contributed by atoms with van der Waals surface area (Å²) >= 11 is 1.62. The van der Waals surface area contributed by atoms with Crippen molar-refractivity contribution in [3.63, 3.8) is 0 Å². The summed E-state index contributed by atoms with van der Waals surface area (Å²) in [6.07, 6.45) is 3.52. The van der Waals surface area contributed by atoms with E-state index in [2.05, 4.69) is 50.9 Å². The molecule has 0 N–H and O–H groups in total.